The van der Waals surface area contributed by atoms with E-state index >= 15 is 0 Å². The molecule has 1 atom stereocenters. The van der Waals surface area contributed by atoms with Crippen LogP contribution >= 0.6 is 22.9 Å². The third-order valence-electron chi connectivity index (χ3n) is 5.71. The van der Waals surface area contributed by atoms with Gasteiger partial charge >= 0.3 is 5.97 Å². The Kier molecular flexibility index (Phi) is 7.00. The Morgan fingerprint density at radius 1 is 1.16 bits per heavy atom. The topological polar surface area (TPSA) is 78.5 Å². The maximum absolute atomic E-state index is 12.9. The summed E-state index contributed by atoms with van der Waals surface area (Å²) in [6, 6.07) is 11.3. The molecule has 1 N–H and O–H groups in total. The summed E-state index contributed by atoms with van der Waals surface area (Å²) in [5.74, 6) is -0.344. The van der Waals surface area contributed by atoms with Crippen LogP contribution in [0, 0.1) is 6.92 Å². The van der Waals surface area contributed by atoms with Gasteiger partial charge in [0.2, 0.25) is 0 Å². The van der Waals surface area contributed by atoms with Gasteiger partial charge in [0.1, 0.15) is 4.88 Å². The average molecular weight is 489 g/mol. The second kappa shape index (κ2) is 9.75. The second-order valence-corrected chi connectivity index (χ2v) is 9.78. The lowest BCUT2D eigenvalue weighted by Crippen LogP contribution is -2.12. The van der Waals surface area contributed by atoms with E-state index in [4.69, 9.17) is 16.3 Å². The normalized spacial score (nSPS) is 14.0. The molecule has 1 aliphatic rings. The lowest BCUT2D eigenvalue weighted by atomic mass is 9.84. The fourth-order valence-corrected chi connectivity index (χ4v) is 6.06. The molecule has 1 heterocycles. The Morgan fingerprint density at radius 3 is 2.50 bits per heavy atom. The highest BCUT2D eigenvalue weighted by Crippen LogP contribution is 2.46. The number of ether oxygens (including phenoxy) is 1. The van der Waals surface area contributed by atoms with Gasteiger partial charge < -0.3 is 14.0 Å². The molecule has 8 heteroatoms. The number of thiophene rings is 1. The SMILES string of the molecule is CCOC(=O)c1sc(-c2ccc(Cl)cc2)c(C)c1-c1ccc(NS(=O)[O-])c2c1CCCC2. The fourth-order valence-electron chi connectivity index (χ4n) is 4.34. The van der Waals surface area contributed by atoms with Gasteiger partial charge in [0.15, 0.2) is 0 Å². The van der Waals surface area contributed by atoms with E-state index in [9.17, 15) is 13.6 Å². The number of rotatable bonds is 6. The van der Waals surface area contributed by atoms with Crippen LogP contribution in [0.5, 0.6) is 0 Å². The van der Waals surface area contributed by atoms with E-state index in [1.807, 2.05) is 37.3 Å². The number of hydrogen-bond acceptors (Lipinski definition) is 5. The fraction of sp³-hybridized carbons (Fsp3) is 0.292. The predicted octanol–water partition coefficient (Wildman–Crippen LogP) is 6.31. The first-order valence-electron chi connectivity index (χ1n) is 10.5. The molecule has 0 spiro atoms. The molecule has 0 saturated heterocycles. The number of fused-ring (bicyclic) bond motifs is 1. The number of nitrogens with one attached hydrogen (secondary N) is 1. The third kappa shape index (κ3) is 4.48. The molecule has 1 unspecified atom stereocenters. The highest BCUT2D eigenvalue weighted by atomic mass is 35.5. The summed E-state index contributed by atoms with van der Waals surface area (Å²) in [5, 5.41) is 0.654. The number of anilines is 1. The number of benzene rings is 2. The van der Waals surface area contributed by atoms with Crippen LogP contribution in [-0.2, 0) is 28.8 Å². The highest BCUT2D eigenvalue weighted by molar-refractivity contribution is 7.80. The molecule has 1 aliphatic carbocycles. The van der Waals surface area contributed by atoms with Gasteiger partial charge in [0.05, 0.1) is 6.61 Å². The summed E-state index contributed by atoms with van der Waals surface area (Å²) in [6.07, 6.45) is 3.65. The molecule has 0 aliphatic heterocycles. The lowest BCUT2D eigenvalue weighted by Gasteiger charge is -2.24. The minimum Gasteiger partial charge on any atom is -0.755 e. The van der Waals surface area contributed by atoms with Crippen molar-refractivity contribution in [2.24, 2.45) is 0 Å². The van der Waals surface area contributed by atoms with Gasteiger partial charge in [0, 0.05) is 32.4 Å². The first-order chi connectivity index (χ1) is 15.4. The van der Waals surface area contributed by atoms with Gasteiger partial charge in [-0.05, 0) is 85.5 Å². The maximum atomic E-state index is 12.9. The van der Waals surface area contributed by atoms with Crippen molar-refractivity contribution in [3.63, 3.8) is 0 Å². The largest absolute Gasteiger partial charge is 0.755 e. The Hall–Kier alpha value is -2.19. The van der Waals surface area contributed by atoms with Crippen molar-refractivity contribution in [3.8, 4) is 21.6 Å². The summed E-state index contributed by atoms with van der Waals surface area (Å²) in [6.45, 7) is 4.11. The van der Waals surface area contributed by atoms with Crippen LogP contribution in [0.1, 0.15) is 46.1 Å². The van der Waals surface area contributed by atoms with Crippen molar-refractivity contribution < 1.29 is 18.3 Å². The molecule has 3 aromatic rings. The standard InChI is InChI=1S/C24H24ClNO4S2/c1-3-30-24(27)23-21(14(2)22(31-23)15-8-10-16(25)11-9-15)19-12-13-20(26-32(28)29)18-7-5-4-6-17(18)19/h8-13,26H,3-7H2,1-2H3,(H,28,29)/p-1. The number of carbonyl (C=O) groups is 1. The Morgan fingerprint density at radius 2 is 1.84 bits per heavy atom. The van der Waals surface area contributed by atoms with E-state index in [2.05, 4.69) is 4.72 Å². The van der Waals surface area contributed by atoms with E-state index in [0.29, 0.717) is 22.2 Å². The molecule has 5 nitrogen and oxygen atoms in total. The van der Waals surface area contributed by atoms with Gasteiger partial charge in [-0.25, -0.2) is 4.79 Å². The zero-order valence-electron chi connectivity index (χ0n) is 17.8. The monoisotopic (exact) mass is 488 g/mol. The quantitative estimate of drug-likeness (QED) is 0.326. The maximum Gasteiger partial charge on any atom is 0.348 e. The second-order valence-electron chi connectivity index (χ2n) is 7.65. The molecule has 0 amide bonds. The van der Waals surface area contributed by atoms with Gasteiger partial charge in [-0.3, -0.25) is 4.21 Å². The first kappa shape index (κ1) is 23.0. The van der Waals surface area contributed by atoms with Crippen LogP contribution in [0.15, 0.2) is 36.4 Å². The number of hydrogen-bond donors (Lipinski definition) is 1. The van der Waals surface area contributed by atoms with Gasteiger partial charge in [-0.1, -0.05) is 29.8 Å². The van der Waals surface area contributed by atoms with Crippen LogP contribution < -0.4 is 4.72 Å². The van der Waals surface area contributed by atoms with Crippen molar-refractivity contribution in [3.05, 3.63) is 63.0 Å². The molecule has 168 valence electrons. The number of carbonyl (C=O) groups excluding carboxylic acids is 1. The lowest BCUT2D eigenvalue weighted by molar-refractivity contribution is 0.0533. The van der Waals surface area contributed by atoms with Crippen molar-refractivity contribution in [2.45, 2.75) is 39.5 Å². The first-order valence-corrected chi connectivity index (χ1v) is 12.7. The van der Waals surface area contributed by atoms with E-state index in [-0.39, 0.29) is 5.97 Å². The Bertz CT molecular complexity index is 1190. The van der Waals surface area contributed by atoms with E-state index in [0.717, 1.165) is 63.9 Å². The van der Waals surface area contributed by atoms with Crippen LogP contribution in [0.25, 0.3) is 21.6 Å². The van der Waals surface area contributed by atoms with Crippen LogP contribution in [0.2, 0.25) is 5.02 Å². The molecule has 0 saturated carbocycles. The zero-order valence-corrected chi connectivity index (χ0v) is 20.2. The Balaban J connectivity index is 1.93. The van der Waals surface area contributed by atoms with Crippen LogP contribution in [-0.4, -0.2) is 21.3 Å². The molecule has 1 aromatic heterocycles. The summed E-state index contributed by atoms with van der Waals surface area (Å²) >= 11 is 5.10. The highest BCUT2D eigenvalue weighted by Gasteiger charge is 2.27. The molecule has 4 rings (SSSR count). The zero-order chi connectivity index (χ0) is 22.8. The van der Waals surface area contributed by atoms with Crippen molar-refractivity contribution in [1.82, 2.24) is 0 Å². The minimum absolute atomic E-state index is 0.293. The van der Waals surface area contributed by atoms with Crippen molar-refractivity contribution in [1.29, 1.82) is 0 Å². The predicted molar refractivity (Wildman–Crippen MR) is 130 cm³/mol. The molecule has 0 bridgehead atoms. The van der Waals surface area contributed by atoms with Crippen molar-refractivity contribution >= 4 is 45.9 Å². The minimum atomic E-state index is -2.39. The summed E-state index contributed by atoms with van der Waals surface area (Å²) in [7, 11) is 0. The third-order valence-corrected chi connectivity index (χ3v) is 7.67. The molecular weight excluding hydrogens is 466 g/mol. The molecular formula is C24H23ClNO4S2-. The van der Waals surface area contributed by atoms with Crippen molar-refractivity contribution in [2.75, 3.05) is 11.3 Å². The molecule has 0 radical (unpaired) electrons. The van der Waals surface area contributed by atoms with Gasteiger partial charge in [-0.15, -0.1) is 11.3 Å². The average Bonchev–Trinajstić information content (AvgIpc) is 3.11. The van der Waals surface area contributed by atoms with E-state index in [1.54, 1.807) is 13.0 Å². The van der Waals surface area contributed by atoms with Crippen LogP contribution in [0.4, 0.5) is 5.69 Å². The van der Waals surface area contributed by atoms with Crippen LogP contribution in [0.3, 0.4) is 0 Å². The smallest absolute Gasteiger partial charge is 0.348 e. The number of esters is 1. The van der Waals surface area contributed by atoms with Gasteiger partial charge in [0.25, 0.3) is 0 Å². The van der Waals surface area contributed by atoms with E-state index < -0.39 is 11.3 Å². The Labute approximate surface area is 199 Å². The molecule has 32 heavy (non-hydrogen) atoms. The summed E-state index contributed by atoms with van der Waals surface area (Å²) in [5.41, 5.74) is 6.54. The number of halogens is 1. The molecule has 2 aromatic carbocycles. The summed E-state index contributed by atoms with van der Waals surface area (Å²) < 4.78 is 30.5. The summed E-state index contributed by atoms with van der Waals surface area (Å²) in [4.78, 5) is 14.5. The van der Waals surface area contributed by atoms with E-state index in [1.165, 1.54) is 11.3 Å². The molecule has 0 fully saturated rings. The van der Waals surface area contributed by atoms with Gasteiger partial charge in [-0.2, -0.15) is 0 Å².